The molecular weight excluding hydrogens is 442 g/mol. The molecule has 190 valence electrons. The Morgan fingerprint density at radius 1 is 0.588 bits per heavy atom. The molecule has 1 saturated heterocycles. The number of halogens is 1. The molecule has 3 rings (SSSR count). The quantitative estimate of drug-likeness (QED) is 0.395. The zero-order valence-corrected chi connectivity index (χ0v) is 24.6. The van der Waals surface area contributed by atoms with Crippen molar-refractivity contribution in [3.8, 4) is 0 Å². The van der Waals surface area contributed by atoms with Gasteiger partial charge >= 0.3 is 208 Å². The second-order valence-electron chi connectivity index (χ2n) is 14.1. The predicted octanol–water partition coefficient (Wildman–Crippen LogP) is 8.49. The summed E-state index contributed by atoms with van der Waals surface area (Å²) in [6, 6.07) is 12.3. The normalized spacial score (nSPS) is 21.9. The summed E-state index contributed by atoms with van der Waals surface area (Å²) in [7, 11) is -4.84. The van der Waals surface area contributed by atoms with E-state index < -0.39 is 13.7 Å². The second kappa shape index (κ2) is 7.86. The fourth-order valence-corrected chi connectivity index (χ4v) is 8.82. The van der Waals surface area contributed by atoms with E-state index in [1.165, 1.54) is 11.1 Å². The van der Waals surface area contributed by atoms with Crippen LogP contribution < -0.4 is 10.6 Å². The molecule has 0 bridgehead atoms. The molecule has 0 radical (unpaired) electrons. The van der Waals surface area contributed by atoms with Gasteiger partial charge in [-0.3, -0.25) is 0 Å². The molecule has 0 amide bonds. The van der Waals surface area contributed by atoms with Gasteiger partial charge in [0.05, 0.1) is 0 Å². The van der Waals surface area contributed by atoms with E-state index >= 15 is 4.20 Å². The fraction of sp³-hybridized carbons (Fsp3) is 0.600. The monoisotopic (exact) mass is 488 g/mol. The Morgan fingerprint density at radius 3 is 1.15 bits per heavy atom. The molecule has 1 heterocycles. The van der Waals surface area contributed by atoms with Gasteiger partial charge in [0.15, 0.2) is 0 Å². The molecule has 4 heteroatoms. The minimum absolute atomic E-state index is 0.0463. The summed E-state index contributed by atoms with van der Waals surface area (Å²) in [6.45, 7) is 27.7. The van der Waals surface area contributed by atoms with Gasteiger partial charge in [-0.05, 0) is 0 Å². The molecule has 0 aromatic heterocycles. The van der Waals surface area contributed by atoms with E-state index in [0.717, 1.165) is 11.1 Å². The summed E-state index contributed by atoms with van der Waals surface area (Å²) in [4.78, 5) is 0. The Kier molecular flexibility index (Phi) is 6.31. The van der Waals surface area contributed by atoms with E-state index in [1.54, 1.807) is 6.92 Å². The molecule has 2 aromatic rings. The van der Waals surface area contributed by atoms with Crippen molar-refractivity contribution >= 4 is 18.0 Å². The van der Waals surface area contributed by atoms with Crippen LogP contribution in [0.5, 0.6) is 0 Å². The number of hydrogen-bond donors (Lipinski definition) is 0. The van der Waals surface area contributed by atoms with Crippen LogP contribution in [0.3, 0.4) is 0 Å². The van der Waals surface area contributed by atoms with Gasteiger partial charge in [-0.2, -0.15) is 0 Å². The minimum atomic E-state index is -4.84. The zero-order chi connectivity index (χ0) is 26.1. The molecule has 1 fully saturated rings. The third kappa shape index (κ3) is 4.61. The van der Waals surface area contributed by atoms with Crippen molar-refractivity contribution in [1.82, 2.24) is 0 Å². The fourth-order valence-electron chi connectivity index (χ4n) is 4.76. The molecule has 0 unspecified atom stereocenters. The maximum atomic E-state index is 18.1. The van der Waals surface area contributed by atoms with Crippen LogP contribution in [0.2, 0.25) is 0 Å². The molecule has 34 heavy (non-hydrogen) atoms. The van der Waals surface area contributed by atoms with Crippen molar-refractivity contribution in [1.29, 1.82) is 0 Å². The van der Waals surface area contributed by atoms with Crippen molar-refractivity contribution in [2.75, 3.05) is 0 Å². The topological polar surface area (TPSA) is 18.5 Å². The van der Waals surface area contributed by atoms with Crippen LogP contribution in [0.25, 0.3) is 0 Å². The van der Waals surface area contributed by atoms with Crippen molar-refractivity contribution in [2.24, 2.45) is 0 Å². The Morgan fingerprint density at radius 2 is 0.912 bits per heavy atom. The van der Waals surface area contributed by atoms with Crippen molar-refractivity contribution < 1.29 is 13.2 Å². The van der Waals surface area contributed by atoms with Crippen molar-refractivity contribution in [2.45, 2.75) is 118 Å². The van der Waals surface area contributed by atoms with Crippen LogP contribution in [-0.2, 0) is 30.7 Å². The van der Waals surface area contributed by atoms with E-state index in [-0.39, 0.29) is 21.7 Å². The standard InChI is InChI=1S/C30H46FO2P/c1-20-32-34(31,33-20,25-16-14-21(27(2,3)4)18-23(25)29(8,9)10)26-17-15-22(28(5,6)7)19-24(26)30(11,12)13/h14-20H,1-13H3. The molecule has 0 atom stereocenters. The average molecular weight is 489 g/mol. The van der Waals surface area contributed by atoms with E-state index in [4.69, 9.17) is 9.05 Å². The van der Waals surface area contributed by atoms with Gasteiger partial charge in [0, 0.05) is 0 Å². The summed E-state index contributed by atoms with van der Waals surface area (Å²) in [6.07, 6.45) is -0.590. The number of hydrogen-bond acceptors (Lipinski definition) is 2. The van der Waals surface area contributed by atoms with Crippen LogP contribution in [0.4, 0.5) is 4.20 Å². The van der Waals surface area contributed by atoms with Crippen LogP contribution in [0, 0.1) is 0 Å². The Hall–Kier alpha value is -1.28. The van der Waals surface area contributed by atoms with Gasteiger partial charge < -0.3 is 0 Å². The van der Waals surface area contributed by atoms with Gasteiger partial charge in [-0.25, -0.2) is 0 Å². The van der Waals surface area contributed by atoms with Gasteiger partial charge in [0.25, 0.3) is 0 Å². The molecule has 0 N–H and O–H groups in total. The summed E-state index contributed by atoms with van der Waals surface area (Å²) in [5.41, 5.74) is 3.60. The van der Waals surface area contributed by atoms with Crippen molar-refractivity contribution in [3.63, 3.8) is 0 Å². The molecule has 2 aromatic carbocycles. The molecule has 1 aliphatic heterocycles. The van der Waals surface area contributed by atoms with Crippen LogP contribution in [0.15, 0.2) is 36.4 Å². The maximum absolute atomic E-state index is 18.1. The summed E-state index contributed by atoms with van der Waals surface area (Å²) in [5.74, 6) is 0. The zero-order valence-electron chi connectivity index (χ0n) is 23.7. The summed E-state index contributed by atoms with van der Waals surface area (Å²) < 4.78 is 30.6. The third-order valence-electron chi connectivity index (χ3n) is 6.83. The molecule has 1 aliphatic rings. The first-order chi connectivity index (χ1) is 15.1. The first kappa shape index (κ1) is 27.3. The molecule has 0 saturated carbocycles. The van der Waals surface area contributed by atoms with E-state index in [2.05, 4.69) is 107 Å². The average Bonchev–Trinajstić information content (AvgIpc) is 2.63. The van der Waals surface area contributed by atoms with Crippen LogP contribution in [-0.4, -0.2) is 6.29 Å². The summed E-state index contributed by atoms with van der Waals surface area (Å²) >= 11 is 0. The number of rotatable bonds is 2. The van der Waals surface area contributed by atoms with Crippen LogP contribution in [0.1, 0.15) is 112 Å². The van der Waals surface area contributed by atoms with Gasteiger partial charge in [-0.15, -0.1) is 0 Å². The second-order valence-corrected chi connectivity index (χ2v) is 17.2. The van der Waals surface area contributed by atoms with Gasteiger partial charge in [-0.1, -0.05) is 0 Å². The van der Waals surface area contributed by atoms with Gasteiger partial charge in [0.1, 0.15) is 0 Å². The SMILES string of the molecule is CC1OP(F)(c2ccc(C(C)(C)C)cc2C(C)(C)C)(c2ccc(C(C)(C)C)cc2C(C)(C)C)O1. The summed E-state index contributed by atoms with van der Waals surface area (Å²) in [5, 5.41) is 1.14. The van der Waals surface area contributed by atoms with E-state index in [1.807, 2.05) is 12.1 Å². The van der Waals surface area contributed by atoms with E-state index in [9.17, 15) is 0 Å². The third-order valence-corrected chi connectivity index (χ3v) is 10.6. The Labute approximate surface area is 207 Å². The predicted molar refractivity (Wildman–Crippen MR) is 147 cm³/mol. The molecule has 2 nitrogen and oxygen atoms in total. The van der Waals surface area contributed by atoms with Crippen LogP contribution >= 0.6 is 7.37 Å². The molecule has 0 aliphatic carbocycles. The Balaban J connectivity index is 2.43. The first-order valence-corrected chi connectivity index (χ1v) is 14.5. The molecular formula is C30H46FO2P. The molecule has 0 spiro atoms. The van der Waals surface area contributed by atoms with Crippen molar-refractivity contribution in [3.05, 3.63) is 58.7 Å². The first-order valence-electron chi connectivity index (χ1n) is 12.5. The number of benzene rings is 2. The van der Waals surface area contributed by atoms with Gasteiger partial charge in [0.2, 0.25) is 0 Å². The Bertz CT molecular complexity index is 1010. The van der Waals surface area contributed by atoms with E-state index in [0.29, 0.717) is 10.6 Å².